The Morgan fingerprint density at radius 2 is 2.26 bits per heavy atom. The number of amides is 1. The first-order valence-electron chi connectivity index (χ1n) is 9.65. The van der Waals surface area contributed by atoms with Gasteiger partial charge in [0, 0.05) is 47.2 Å². The molecule has 160 valence electrons. The van der Waals surface area contributed by atoms with Crippen LogP contribution in [0.2, 0.25) is 0 Å². The maximum atomic E-state index is 11.1. The highest BCUT2D eigenvalue weighted by Crippen LogP contribution is 2.39. The third-order valence-electron chi connectivity index (χ3n) is 4.84. The van der Waals surface area contributed by atoms with Crippen molar-refractivity contribution in [2.75, 3.05) is 24.6 Å². The van der Waals surface area contributed by atoms with Gasteiger partial charge in [-0.15, -0.1) is 18.2 Å². The van der Waals surface area contributed by atoms with E-state index in [4.69, 9.17) is 22.3 Å². The fraction of sp³-hybridized carbons (Fsp3) is 0.300. The summed E-state index contributed by atoms with van der Waals surface area (Å²) < 4.78 is 1.97. The predicted octanol–water partition coefficient (Wildman–Crippen LogP) is 1.67. The molecular formula is C20H21N7O2S2. The number of hydrogen-bond donors (Lipinski definition) is 4. The Bertz CT molecular complexity index is 1170. The minimum atomic E-state index is -0.436. The SMILES string of the molecule is C#Cc1cc2c(cc1Sc1nc3c(N)ncnc3n1CCNCCC(=O)NO)SCC2. The highest BCUT2D eigenvalue weighted by atomic mass is 32.2. The molecule has 3 heterocycles. The second kappa shape index (κ2) is 9.57. The molecule has 9 nitrogen and oxygen atoms in total. The summed E-state index contributed by atoms with van der Waals surface area (Å²) in [6.45, 7) is 1.56. The lowest BCUT2D eigenvalue weighted by Crippen LogP contribution is -2.27. The monoisotopic (exact) mass is 455 g/mol. The molecule has 0 fully saturated rings. The van der Waals surface area contributed by atoms with Crippen molar-refractivity contribution in [2.24, 2.45) is 0 Å². The molecule has 0 saturated carbocycles. The van der Waals surface area contributed by atoms with E-state index in [1.807, 2.05) is 16.3 Å². The smallest absolute Gasteiger partial charge is 0.244 e. The minimum Gasteiger partial charge on any atom is -0.382 e. The first-order valence-corrected chi connectivity index (χ1v) is 11.5. The molecule has 1 aromatic carbocycles. The van der Waals surface area contributed by atoms with Crippen LogP contribution in [0.5, 0.6) is 0 Å². The van der Waals surface area contributed by atoms with Crippen molar-refractivity contribution in [2.45, 2.75) is 34.3 Å². The number of nitrogen functional groups attached to an aromatic ring is 1. The van der Waals surface area contributed by atoms with Crippen LogP contribution in [0.25, 0.3) is 11.2 Å². The van der Waals surface area contributed by atoms with Crippen LogP contribution >= 0.6 is 23.5 Å². The Hall–Kier alpha value is -2.78. The Labute approximate surface area is 187 Å². The fourth-order valence-corrected chi connectivity index (χ4v) is 5.48. The van der Waals surface area contributed by atoms with E-state index in [1.54, 1.807) is 5.48 Å². The van der Waals surface area contributed by atoms with Gasteiger partial charge in [0.05, 0.1) is 0 Å². The molecule has 1 aliphatic heterocycles. The van der Waals surface area contributed by atoms with Gasteiger partial charge in [-0.25, -0.2) is 20.4 Å². The predicted molar refractivity (Wildman–Crippen MR) is 120 cm³/mol. The Morgan fingerprint density at radius 3 is 3.06 bits per heavy atom. The number of rotatable bonds is 8. The zero-order valence-electron chi connectivity index (χ0n) is 16.6. The summed E-state index contributed by atoms with van der Waals surface area (Å²) in [6, 6.07) is 4.23. The number of carbonyl (C=O) groups is 1. The van der Waals surface area contributed by atoms with E-state index in [-0.39, 0.29) is 6.42 Å². The first kappa shape index (κ1) is 21.5. The number of thioether (sulfide) groups is 1. The van der Waals surface area contributed by atoms with Crippen LogP contribution in [-0.4, -0.2) is 49.5 Å². The molecule has 0 unspecified atom stereocenters. The summed E-state index contributed by atoms with van der Waals surface area (Å²) in [5, 5.41) is 12.5. The van der Waals surface area contributed by atoms with E-state index in [9.17, 15) is 4.79 Å². The number of anilines is 1. The van der Waals surface area contributed by atoms with Gasteiger partial charge in [0.1, 0.15) is 6.33 Å². The number of hydroxylamine groups is 1. The maximum Gasteiger partial charge on any atom is 0.244 e. The van der Waals surface area contributed by atoms with Gasteiger partial charge in [0.25, 0.3) is 0 Å². The molecule has 0 atom stereocenters. The van der Waals surface area contributed by atoms with Crippen LogP contribution in [0.4, 0.5) is 5.82 Å². The average molecular weight is 456 g/mol. The maximum absolute atomic E-state index is 11.1. The number of aryl methyl sites for hydroxylation is 1. The van der Waals surface area contributed by atoms with Crippen LogP contribution in [0, 0.1) is 12.3 Å². The third-order valence-corrected chi connectivity index (χ3v) is 6.99. The largest absolute Gasteiger partial charge is 0.382 e. The summed E-state index contributed by atoms with van der Waals surface area (Å²) in [5.41, 5.74) is 11.0. The number of imidazole rings is 1. The molecule has 0 spiro atoms. The lowest BCUT2D eigenvalue weighted by molar-refractivity contribution is -0.129. The molecule has 0 bridgehead atoms. The third kappa shape index (κ3) is 4.62. The van der Waals surface area contributed by atoms with Crippen molar-refractivity contribution >= 4 is 46.4 Å². The number of aromatic nitrogens is 4. The van der Waals surface area contributed by atoms with Gasteiger partial charge in [-0.2, -0.15) is 0 Å². The van der Waals surface area contributed by atoms with Gasteiger partial charge in [0.15, 0.2) is 22.1 Å². The summed E-state index contributed by atoms with van der Waals surface area (Å²) in [5.74, 6) is 3.75. The van der Waals surface area contributed by atoms with Crippen LogP contribution in [0.15, 0.2) is 33.4 Å². The molecule has 0 aliphatic carbocycles. The van der Waals surface area contributed by atoms with E-state index in [0.29, 0.717) is 36.6 Å². The van der Waals surface area contributed by atoms with Crippen molar-refractivity contribution in [1.82, 2.24) is 30.3 Å². The van der Waals surface area contributed by atoms with Gasteiger partial charge in [-0.3, -0.25) is 10.0 Å². The number of nitrogens with zero attached hydrogens (tertiary/aromatic N) is 4. The standard InChI is InChI=1S/C20H21N7O2S2/c1-2-12-9-13-4-8-30-14(13)10-15(12)31-20-25-17-18(21)23-11-24-19(17)27(20)7-6-22-5-3-16(28)26-29/h1,9-11,22,29H,3-8H2,(H,26,28)(H2,21,23,24). The van der Waals surface area contributed by atoms with Crippen molar-refractivity contribution in [3.05, 3.63) is 29.6 Å². The molecular weight excluding hydrogens is 434 g/mol. The van der Waals surface area contributed by atoms with Gasteiger partial charge < -0.3 is 15.6 Å². The molecule has 2 aromatic heterocycles. The number of nitrogens with one attached hydrogen (secondary N) is 2. The topological polar surface area (TPSA) is 131 Å². The van der Waals surface area contributed by atoms with E-state index in [0.717, 1.165) is 27.8 Å². The molecule has 31 heavy (non-hydrogen) atoms. The number of terminal acetylenes is 1. The number of hydrogen-bond acceptors (Lipinski definition) is 9. The number of nitrogens with two attached hydrogens (primary N) is 1. The van der Waals surface area contributed by atoms with E-state index >= 15 is 0 Å². The molecule has 5 N–H and O–H groups in total. The highest BCUT2D eigenvalue weighted by Gasteiger charge is 2.19. The molecule has 0 saturated heterocycles. The molecule has 11 heteroatoms. The van der Waals surface area contributed by atoms with E-state index in [1.165, 1.54) is 28.5 Å². The lowest BCUT2D eigenvalue weighted by Gasteiger charge is -2.11. The summed E-state index contributed by atoms with van der Waals surface area (Å²) in [4.78, 5) is 26.5. The van der Waals surface area contributed by atoms with E-state index < -0.39 is 5.91 Å². The number of carbonyl (C=O) groups excluding carboxylic acids is 1. The summed E-state index contributed by atoms with van der Waals surface area (Å²) >= 11 is 3.32. The zero-order chi connectivity index (χ0) is 21.8. The molecule has 1 amide bonds. The van der Waals surface area contributed by atoms with Gasteiger partial charge in [0.2, 0.25) is 5.91 Å². The summed E-state index contributed by atoms with van der Waals surface area (Å²) in [6.07, 6.45) is 8.41. The number of fused-ring (bicyclic) bond motifs is 2. The molecule has 1 aliphatic rings. The second-order valence-electron chi connectivity index (χ2n) is 6.81. The van der Waals surface area contributed by atoms with Crippen LogP contribution in [-0.2, 0) is 17.8 Å². The Kier molecular flexibility index (Phi) is 6.62. The Balaban J connectivity index is 1.60. The summed E-state index contributed by atoms with van der Waals surface area (Å²) in [7, 11) is 0. The highest BCUT2D eigenvalue weighted by molar-refractivity contribution is 8.00. The van der Waals surface area contributed by atoms with Crippen LogP contribution < -0.4 is 16.5 Å². The second-order valence-corrected chi connectivity index (χ2v) is 8.96. The molecule has 0 radical (unpaired) electrons. The van der Waals surface area contributed by atoms with Gasteiger partial charge in [-0.1, -0.05) is 17.7 Å². The van der Waals surface area contributed by atoms with Crippen molar-refractivity contribution in [3.8, 4) is 12.3 Å². The zero-order valence-corrected chi connectivity index (χ0v) is 18.2. The lowest BCUT2D eigenvalue weighted by atomic mass is 10.1. The molecule has 4 rings (SSSR count). The Morgan fingerprint density at radius 1 is 1.39 bits per heavy atom. The first-order chi connectivity index (χ1) is 15.1. The minimum absolute atomic E-state index is 0.177. The van der Waals surface area contributed by atoms with E-state index in [2.05, 4.69) is 33.3 Å². The fourth-order valence-electron chi connectivity index (χ4n) is 3.29. The normalized spacial score (nSPS) is 12.6. The van der Waals surface area contributed by atoms with Crippen LogP contribution in [0.3, 0.4) is 0 Å². The van der Waals surface area contributed by atoms with Crippen molar-refractivity contribution in [1.29, 1.82) is 0 Å². The quantitative estimate of drug-likeness (QED) is 0.173. The molecule has 3 aromatic rings. The van der Waals surface area contributed by atoms with Gasteiger partial charge in [-0.05, 0) is 24.1 Å². The number of benzene rings is 1. The average Bonchev–Trinajstić information content (AvgIpc) is 3.37. The van der Waals surface area contributed by atoms with Crippen LogP contribution in [0.1, 0.15) is 17.5 Å². The van der Waals surface area contributed by atoms with Gasteiger partial charge >= 0.3 is 0 Å². The van der Waals surface area contributed by atoms with Crippen molar-refractivity contribution in [3.63, 3.8) is 0 Å². The van der Waals surface area contributed by atoms with Crippen molar-refractivity contribution < 1.29 is 10.0 Å².